The summed E-state index contributed by atoms with van der Waals surface area (Å²) in [5.74, 6) is 0.716. The van der Waals surface area contributed by atoms with Gasteiger partial charge in [-0.3, -0.25) is 0 Å². The van der Waals surface area contributed by atoms with E-state index < -0.39 is 0 Å². The Morgan fingerprint density at radius 2 is 1.71 bits per heavy atom. The number of hydrogen-bond donors (Lipinski definition) is 2. The number of amides is 2. The van der Waals surface area contributed by atoms with Gasteiger partial charge in [0.2, 0.25) is 0 Å². The summed E-state index contributed by atoms with van der Waals surface area (Å²) in [5.41, 5.74) is 1.07. The van der Waals surface area contributed by atoms with Gasteiger partial charge in [-0.05, 0) is 31.5 Å². The van der Waals surface area contributed by atoms with Crippen LogP contribution in [0.2, 0.25) is 0 Å². The van der Waals surface area contributed by atoms with Gasteiger partial charge in [0.1, 0.15) is 6.33 Å². The number of nitrogens with one attached hydrogen (secondary N) is 2. The third kappa shape index (κ3) is 4.99. The second-order valence-corrected chi connectivity index (χ2v) is 7.75. The Labute approximate surface area is 147 Å². The first-order valence-electron chi connectivity index (χ1n) is 8.04. The van der Waals surface area contributed by atoms with Crippen LogP contribution >= 0.6 is 11.8 Å². The average Bonchev–Trinajstić information content (AvgIpc) is 2.93. The Hall–Kier alpha value is -2.02. The summed E-state index contributed by atoms with van der Waals surface area (Å²) in [4.78, 5) is 13.4. The van der Waals surface area contributed by atoms with Gasteiger partial charge in [-0.1, -0.05) is 26.0 Å². The van der Waals surface area contributed by atoms with Crippen molar-refractivity contribution in [3.8, 4) is 0 Å². The first-order valence-corrected chi connectivity index (χ1v) is 8.92. The molecule has 0 aliphatic rings. The predicted octanol–water partition coefficient (Wildman–Crippen LogP) is 3.44. The van der Waals surface area contributed by atoms with Gasteiger partial charge < -0.3 is 15.2 Å². The maximum Gasteiger partial charge on any atom is 0.315 e. The van der Waals surface area contributed by atoms with E-state index >= 15 is 0 Å². The third-order valence-electron chi connectivity index (χ3n) is 3.58. The fourth-order valence-corrected chi connectivity index (χ4v) is 3.21. The van der Waals surface area contributed by atoms with Crippen LogP contribution in [0.15, 0.2) is 35.5 Å². The first kappa shape index (κ1) is 18.3. The molecular formula is C17H25N5OS. The molecule has 0 bridgehead atoms. The minimum absolute atomic E-state index is 0.0743. The van der Waals surface area contributed by atoms with E-state index in [1.807, 2.05) is 32.7 Å². The van der Waals surface area contributed by atoms with Crippen molar-refractivity contribution >= 4 is 17.8 Å². The third-order valence-corrected chi connectivity index (χ3v) is 4.60. The second-order valence-electron chi connectivity index (χ2n) is 6.10. The minimum Gasteiger partial charge on any atom is -0.332 e. The van der Waals surface area contributed by atoms with Gasteiger partial charge in [0, 0.05) is 17.2 Å². The van der Waals surface area contributed by atoms with Gasteiger partial charge in [-0.15, -0.1) is 22.0 Å². The molecule has 0 spiro atoms. The maximum absolute atomic E-state index is 12.2. The lowest BCUT2D eigenvalue weighted by molar-refractivity contribution is 0.234. The molecule has 7 heteroatoms. The van der Waals surface area contributed by atoms with Crippen LogP contribution in [0.25, 0.3) is 0 Å². The second kappa shape index (κ2) is 8.19. The number of rotatable bonds is 6. The molecule has 130 valence electrons. The normalized spacial score (nSPS) is 13.6. The van der Waals surface area contributed by atoms with Crippen LogP contribution in [0.1, 0.15) is 51.2 Å². The Morgan fingerprint density at radius 1 is 1.08 bits per heavy atom. The van der Waals surface area contributed by atoms with E-state index in [2.05, 4.69) is 58.9 Å². The van der Waals surface area contributed by atoms with E-state index in [0.29, 0.717) is 11.1 Å². The Kier molecular flexibility index (Phi) is 6.25. The molecule has 0 radical (unpaired) electrons. The zero-order chi connectivity index (χ0) is 17.7. The number of thioether (sulfide) groups is 1. The minimum atomic E-state index is -0.223. The quantitative estimate of drug-likeness (QED) is 0.785. The Balaban J connectivity index is 1.90. The van der Waals surface area contributed by atoms with Crippen molar-refractivity contribution in [2.75, 3.05) is 0 Å². The molecule has 2 aromatic rings. The van der Waals surface area contributed by atoms with Crippen molar-refractivity contribution in [2.24, 2.45) is 7.05 Å². The number of carbonyl (C=O) groups excluding carboxylic acids is 1. The lowest BCUT2D eigenvalue weighted by Gasteiger charge is -2.18. The fraction of sp³-hybridized carbons (Fsp3) is 0.471. The zero-order valence-electron chi connectivity index (χ0n) is 14.8. The number of aryl methyl sites for hydroxylation is 1. The number of carbonyl (C=O) groups is 1. The standard InChI is InChI=1S/C17H25N5OS/c1-11(2)24-15-8-6-14(7-9-15)12(3)19-17(23)20-13(4)16-21-18-10-22(16)5/h6-13H,1-5H3,(H2,19,20,23). The van der Waals surface area contributed by atoms with Gasteiger partial charge in [0.05, 0.1) is 12.1 Å². The highest BCUT2D eigenvalue weighted by Gasteiger charge is 2.16. The summed E-state index contributed by atoms with van der Waals surface area (Å²) in [6.45, 7) is 8.19. The topological polar surface area (TPSA) is 71.8 Å². The maximum atomic E-state index is 12.2. The summed E-state index contributed by atoms with van der Waals surface area (Å²) in [6.07, 6.45) is 1.62. The Morgan fingerprint density at radius 3 is 2.25 bits per heavy atom. The molecule has 1 aromatic carbocycles. The van der Waals surface area contributed by atoms with Gasteiger partial charge in [0.15, 0.2) is 5.82 Å². The molecular weight excluding hydrogens is 322 g/mol. The molecule has 0 saturated carbocycles. The van der Waals surface area contributed by atoms with Crippen LogP contribution in [0, 0.1) is 0 Å². The van der Waals surface area contributed by atoms with Gasteiger partial charge in [0.25, 0.3) is 0 Å². The van der Waals surface area contributed by atoms with E-state index in [1.54, 1.807) is 10.9 Å². The summed E-state index contributed by atoms with van der Waals surface area (Å²) < 4.78 is 1.79. The summed E-state index contributed by atoms with van der Waals surface area (Å²) in [6, 6.07) is 7.79. The number of aromatic nitrogens is 3. The predicted molar refractivity (Wildman–Crippen MR) is 96.9 cm³/mol. The van der Waals surface area contributed by atoms with Crippen molar-refractivity contribution in [2.45, 2.75) is 49.9 Å². The molecule has 2 rings (SSSR count). The number of nitrogens with zero attached hydrogens (tertiary/aromatic N) is 3. The first-order chi connectivity index (χ1) is 11.4. The van der Waals surface area contributed by atoms with Crippen LogP contribution in [0.4, 0.5) is 4.79 Å². The summed E-state index contributed by atoms with van der Waals surface area (Å²) in [5, 5.41) is 14.2. The molecule has 2 amide bonds. The van der Waals surface area contributed by atoms with Gasteiger partial charge in [-0.25, -0.2) is 4.79 Å². The van der Waals surface area contributed by atoms with Crippen LogP contribution in [-0.2, 0) is 7.05 Å². The summed E-state index contributed by atoms with van der Waals surface area (Å²) in [7, 11) is 1.85. The SMILES string of the molecule is CC(C)Sc1ccc(C(C)NC(=O)NC(C)c2nncn2C)cc1. The van der Waals surface area contributed by atoms with Crippen molar-refractivity contribution in [1.29, 1.82) is 0 Å². The molecule has 24 heavy (non-hydrogen) atoms. The molecule has 6 nitrogen and oxygen atoms in total. The molecule has 2 atom stereocenters. The summed E-state index contributed by atoms with van der Waals surface area (Å²) >= 11 is 1.83. The van der Waals surface area contributed by atoms with Crippen LogP contribution in [-0.4, -0.2) is 26.0 Å². The molecule has 0 saturated heterocycles. The van der Waals surface area contributed by atoms with Gasteiger partial charge >= 0.3 is 6.03 Å². The fourth-order valence-electron chi connectivity index (χ4n) is 2.37. The molecule has 0 aliphatic heterocycles. The van der Waals surface area contributed by atoms with Gasteiger partial charge in [-0.2, -0.15) is 0 Å². The zero-order valence-corrected chi connectivity index (χ0v) is 15.6. The molecule has 0 fully saturated rings. The van der Waals surface area contributed by atoms with E-state index in [-0.39, 0.29) is 18.1 Å². The van der Waals surface area contributed by atoms with E-state index in [1.165, 1.54) is 4.90 Å². The number of urea groups is 1. The molecule has 2 unspecified atom stereocenters. The molecule has 2 N–H and O–H groups in total. The molecule has 1 heterocycles. The number of hydrogen-bond acceptors (Lipinski definition) is 4. The van der Waals surface area contributed by atoms with E-state index in [9.17, 15) is 4.79 Å². The van der Waals surface area contributed by atoms with Crippen molar-refractivity contribution in [1.82, 2.24) is 25.4 Å². The van der Waals surface area contributed by atoms with E-state index in [0.717, 1.165) is 5.56 Å². The van der Waals surface area contributed by atoms with Crippen molar-refractivity contribution in [3.05, 3.63) is 42.0 Å². The van der Waals surface area contributed by atoms with Crippen LogP contribution in [0.5, 0.6) is 0 Å². The Bertz CT molecular complexity index is 668. The highest BCUT2D eigenvalue weighted by Crippen LogP contribution is 2.24. The smallest absolute Gasteiger partial charge is 0.315 e. The van der Waals surface area contributed by atoms with Crippen LogP contribution in [0.3, 0.4) is 0 Å². The lowest BCUT2D eigenvalue weighted by atomic mass is 10.1. The highest BCUT2D eigenvalue weighted by atomic mass is 32.2. The van der Waals surface area contributed by atoms with Crippen molar-refractivity contribution in [3.63, 3.8) is 0 Å². The highest BCUT2D eigenvalue weighted by molar-refractivity contribution is 7.99. The molecule has 1 aromatic heterocycles. The van der Waals surface area contributed by atoms with Crippen LogP contribution < -0.4 is 10.6 Å². The average molecular weight is 347 g/mol. The van der Waals surface area contributed by atoms with Crippen molar-refractivity contribution < 1.29 is 4.79 Å². The monoisotopic (exact) mass is 347 g/mol. The van der Waals surface area contributed by atoms with E-state index in [4.69, 9.17) is 0 Å². The largest absolute Gasteiger partial charge is 0.332 e. The number of benzene rings is 1. The lowest BCUT2D eigenvalue weighted by Crippen LogP contribution is -2.39. The molecule has 0 aliphatic carbocycles.